The number of rotatable bonds is 6. The van der Waals surface area contributed by atoms with Gasteiger partial charge in [-0.05, 0) is 68.5 Å². The van der Waals surface area contributed by atoms with E-state index in [1.54, 1.807) is 24.3 Å². The first-order chi connectivity index (χ1) is 14.0. The fourth-order valence-electron chi connectivity index (χ4n) is 3.42. The van der Waals surface area contributed by atoms with E-state index in [1.165, 1.54) is 0 Å². The van der Waals surface area contributed by atoms with E-state index in [2.05, 4.69) is 12.2 Å². The van der Waals surface area contributed by atoms with E-state index < -0.39 is 6.10 Å². The van der Waals surface area contributed by atoms with Gasteiger partial charge in [0, 0.05) is 24.3 Å². The van der Waals surface area contributed by atoms with Gasteiger partial charge in [-0.3, -0.25) is 9.59 Å². The Hall–Kier alpha value is -2.82. The minimum absolute atomic E-state index is 0.0592. The lowest BCUT2D eigenvalue weighted by Gasteiger charge is -2.30. The Morgan fingerprint density at radius 3 is 2.28 bits per heavy atom. The van der Waals surface area contributed by atoms with E-state index in [-0.39, 0.29) is 11.8 Å². The van der Waals surface area contributed by atoms with Crippen LogP contribution < -0.4 is 10.1 Å². The topological polar surface area (TPSA) is 58.6 Å². The maximum atomic E-state index is 12.6. The van der Waals surface area contributed by atoms with Gasteiger partial charge in [0.25, 0.3) is 11.8 Å². The predicted molar refractivity (Wildman–Crippen MR) is 115 cm³/mol. The third-order valence-electron chi connectivity index (χ3n) is 5.43. The molecule has 1 heterocycles. The van der Waals surface area contributed by atoms with Gasteiger partial charge in [0.2, 0.25) is 0 Å². The van der Waals surface area contributed by atoms with Gasteiger partial charge < -0.3 is 15.0 Å². The average Bonchev–Trinajstić information content (AvgIpc) is 2.74. The molecule has 0 spiro atoms. The molecule has 0 saturated carbocycles. The van der Waals surface area contributed by atoms with Crippen LogP contribution in [0.25, 0.3) is 0 Å². The van der Waals surface area contributed by atoms with Gasteiger partial charge in [-0.15, -0.1) is 0 Å². The standard InChI is InChI=1S/C24H30N2O3/c1-4-22(29-21-11-5-17(2)6-12-21)23(27)25-20-9-7-19(8-10-20)24(28)26-15-13-18(3)14-16-26/h5-12,18,22H,4,13-16H2,1-3H3,(H,25,27). The predicted octanol–water partition coefficient (Wildman–Crippen LogP) is 4.66. The summed E-state index contributed by atoms with van der Waals surface area (Å²) in [6.07, 6.45) is 2.09. The Balaban J connectivity index is 1.58. The second-order valence-electron chi connectivity index (χ2n) is 7.87. The van der Waals surface area contributed by atoms with E-state index in [4.69, 9.17) is 4.74 Å². The molecule has 2 aromatic carbocycles. The van der Waals surface area contributed by atoms with Crippen molar-refractivity contribution in [2.45, 2.75) is 46.1 Å². The molecule has 5 nitrogen and oxygen atoms in total. The zero-order valence-corrected chi connectivity index (χ0v) is 17.5. The lowest BCUT2D eigenvalue weighted by atomic mass is 9.98. The molecule has 154 valence electrons. The molecule has 1 atom stereocenters. The molecule has 29 heavy (non-hydrogen) atoms. The molecule has 2 aromatic rings. The summed E-state index contributed by atoms with van der Waals surface area (Å²) in [4.78, 5) is 27.2. The molecule has 1 aliphatic heterocycles. The van der Waals surface area contributed by atoms with E-state index in [1.807, 2.05) is 43.0 Å². The van der Waals surface area contributed by atoms with Crippen molar-refractivity contribution in [1.29, 1.82) is 0 Å². The molecule has 0 aliphatic carbocycles. The smallest absolute Gasteiger partial charge is 0.265 e. The quantitative estimate of drug-likeness (QED) is 0.775. The number of hydrogen-bond donors (Lipinski definition) is 1. The van der Waals surface area contributed by atoms with Crippen LogP contribution in [0.4, 0.5) is 5.69 Å². The first-order valence-corrected chi connectivity index (χ1v) is 10.4. The van der Waals surface area contributed by atoms with Crippen molar-refractivity contribution in [3.05, 3.63) is 59.7 Å². The molecule has 0 aromatic heterocycles. The van der Waals surface area contributed by atoms with Crippen LogP contribution in [-0.2, 0) is 4.79 Å². The molecule has 0 radical (unpaired) electrons. The fraction of sp³-hybridized carbons (Fsp3) is 0.417. The summed E-state index contributed by atoms with van der Waals surface area (Å²) in [5.41, 5.74) is 2.45. The Labute approximate surface area is 173 Å². The number of ether oxygens (including phenoxy) is 1. The number of benzene rings is 2. The summed E-state index contributed by atoms with van der Waals surface area (Å²) in [5, 5.41) is 2.89. The van der Waals surface area contributed by atoms with Crippen LogP contribution in [0.2, 0.25) is 0 Å². The Kier molecular flexibility index (Phi) is 6.91. The fourth-order valence-corrected chi connectivity index (χ4v) is 3.42. The highest BCUT2D eigenvalue weighted by atomic mass is 16.5. The number of nitrogens with zero attached hydrogens (tertiary/aromatic N) is 1. The molecular weight excluding hydrogens is 364 g/mol. The maximum absolute atomic E-state index is 12.6. The maximum Gasteiger partial charge on any atom is 0.265 e. The van der Waals surface area contributed by atoms with Crippen LogP contribution in [-0.4, -0.2) is 35.9 Å². The summed E-state index contributed by atoms with van der Waals surface area (Å²) >= 11 is 0. The van der Waals surface area contributed by atoms with Crippen molar-refractivity contribution in [2.75, 3.05) is 18.4 Å². The van der Waals surface area contributed by atoms with Crippen LogP contribution in [0.5, 0.6) is 5.75 Å². The number of anilines is 1. The third kappa shape index (κ3) is 5.59. The molecule has 5 heteroatoms. The summed E-state index contributed by atoms with van der Waals surface area (Å²) < 4.78 is 5.83. The van der Waals surface area contributed by atoms with Gasteiger partial charge in [-0.1, -0.05) is 31.5 Å². The number of nitrogens with one attached hydrogen (secondary N) is 1. The number of hydrogen-bond acceptors (Lipinski definition) is 3. The molecule has 1 aliphatic rings. The lowest BCUT2D eigenvalue weighted by Crippen LogP contribution is -2.37. The summed E-state index contributed by atoms with van der Waals surface area (Å²) in [6.45, 7) is 7.78. The van der Waals surface area contributed by atoms with Gasteiger partial charge >= 0.3 is 0 Å². The molecule has 1 fully saturated rings. The van der Waals surface area contributed by atoms with Gasteiger partial charge in [-0.2, -0.15) is 0 Å². The van der Waals surface area contributed by atoms with Crippen molar-refractivity contribution < 1.29 is 14.3 Å². The molecule has 0 bridgehead atoms. The SMILES string of the molecule is CCC(Oc1ccc(C)cc1)C(=O)Nc1ccc(C(=O)N2CCC(C)CC2)cc1. The van der Waals surface area contributed by atoms with Crippen molar-refractivity contribution in [3.63, 3.8) is 0 Å². The Morgan fingerprint density at radius 2 is 1.69 bits per heavy atom. The molecule has 1 unspecified atom stereocenters. The molecule has 1 saturated heterocycles. The Bertz CT molecular complexity index is 822. The van der Waals surface area contributed by atoms with Crippen LogP contribution in [0.3, 0.4) is 0 Å². The van der Waals surface area contributed by atoms with Crippen LogP contribution >= 0.6 is 0 Å². The highest BCUT2D eigenvalue weighted by Gasteiger charge is 2.22. The van der Waals surface area contributed by atoms with E-state index in [9.17, 15) is 9.59 Å². The van der Waals surface area contributed by atoms with Crippen LogP contribution in [0.15, 0.2) is 48.5 Å². The highest BCUT2D eigenvalue weighted by molar-refractivity contribution is 5.97. The normalized spacial score (nSPS) is 15.6. The van der Waals surface area contributed by atoms with E-state index >= 15 is 0 Å². The zero-order chi connectivity index (χ0) is 20.8. The first kappa shape index (κ1) is 20.9. The molecule has 3 rings (SSSR count). The van der Waals surface area contributed by atoms with E-state index in [0.29, 0.717) is 29.3 Å². The zero-order valence-electron chi connectivity index (χ0n) is 17.5. The third-order valence-corrected chi connectivity index (χ3v) is 5.43. The number of aryl methyl sites for hydroxylation is 1. The van der Waals surface area contributed by atoms with Gasteiger partial charge in [-0.25, -0.2) is 0 Å². The van der Waals surface area contributed by atoms with Crippen molar-refractivity contribution >= 4 is 17.5 Å². The molecule has 2 amide bonds. The second kappa shape index (κ2) is 9.59. The minimum atomic E-state index is -0.575. The van der Waals surface area contributed by atoms with Crippen LogP contribution in [0.1, 0.15) is 49.0 Å². The molecular formula is C24H30N2O3. The summed E-state index contributed by atoms with van der Waals surface area (Å²) in [6, 6.07) is 14.7. The minimum Gasteiger partial charge on any atom is -0.481 e. The largest absolute Gasteiger partial charge is 0.481 e. The Morgan fingerprint density at radius 1 is 1.07 bits per heavy atom. The number of carbonyl (C=O) groups is 2. The highest BCUT2D eigenvalue weighted by Crippen LogP contribution is 2.20. The lowest BCUT2D eigenvalue weighted by molar-refractivity contribution is -0.122. The van der Waals surface area contributed by atoms with Gasteiger partial charge in [0.15, 0.2) is 6.10 Å². The first-order valence-electron chi connectivity index (χ1n) is 10.4. The van der Waals surface area contributed by atoms with Crippen molar-refractivity contribution in [3.8, 4) is 5.75 Å². The average molecular weight is 395 g/mol. The number of likely N-dealkylation sites (tertiary alicyclic amines) is 1. The van der Waals surface area contributed by atoms with Crippen LogP contribution in [0, 0.1) is 12.8 Å². The van der Waals surface area contributed by atoms with Gasteiger partial charge in [0.1, 0.15) is 5.75 Å². The number of piperidine rings is 1. The van der Waals surface area contributed by atoms with Crippen molar-refractivity contribution in [1.82, 2.24) is 4.90 Å². The summed E-state index contributed by atoms with van der Waals surface area (Å²) in [7, 11) is 0. The second-order valence-corrected chi connectivity index (χ2v) is 7.87. The van der Waals surface area contributed by atoms with Crippen molar-refractivity contribution in [2.24, 2.45) is 5.92 Å². The summed E-state index contributed by atoms with van der Waals surface area (Å²) in [5.74, 6) is 1.22. The van der Waals surface area contributed by atoms with Gasteiger partial charge in [0.05, 0.1) is 0 Å². The monoisotopic (exact) mass is 394 g/mol. The van der Waals surface area contributed by atoms with E-state index in [0.717, 1.165) is 31.5 Å². The number of carbonyl (C=O) groups excluding carboxylic acids is 2. The number of amides is 2. The molecule has 1 N–H and O–H groups in total.